The van der Waals surface area contributed by atoms with Crippen LogP contribution in [0.25, 0.3) is 5.65 Å². The fourth-order valence-electron chi connectivity index (χ4n) is 2.29. The first-order valence-corrected chi connectivity index (χ1v) is 8.06. The summed E-state index contributed by atoms with van der Waals surface area (Å²) in [5, 5.41) is 9.66. The zero-order valence-electron chi connectivity index (χ0n) is 13.1. The second kappa shape index (κ2) is 6.30. The summed E-state index contributed by atoms with van der Waals surface area (Å²) in [5.74, 6) is 0.985. The molecular formula is C17H16Cl2N4. The molecule has 0 aliphatic rings. The van der Waals surface area contributed by atoms with Gasteiger partial charge in [0.1, 0.15) is 5.65 Å². The minimum atomic E-state index is 0.248. The van der Waals surface area contributed by atoms with E-state index in [4.69, 9.17) is 23.2 Å². The van der Waals surface area contributed by atoms with Gasteiger partial charge in [-0.2, -0.15) is 0 Å². The van der Waals surface area contributed by atoms with E-state index in [1.54, 1.807) is 18.2 Å². The van der Waals surface area contributed by atoms with Gasteiger partial charge in [0.2, 0.25) is 0 Å². The first kappa shape index (κ1) is 16.0. The van der Waals surface area contributed by atoms with E-state index in [2.05, 4.69) is 29.1 Å². The van der Waals surface area contributed by atoms with Crippen molar-refractivity contribution in [1.82, 2.24) is 9.38 Å². The molecule has 0 spiro atoms. The van der Waals surface area contributed by atoms with E-state index in [0.717, 1.165) is 22.7 Å². The van der Waals surface area contributed by atoms with Gasteiger partial charge in [-0.05, 0) is 48.7 Å². The molecule has 6 heteroatoms. The second-order valence-corrected chi connectivity index (χ2v) is 6.52. The molecule has 2 aromatic heterocycles. The van der Waals surface area contributed by atoms with Crippen molar-refractivity contribution >= 4 is 40.4 Å². The Balaban J connectivity index is 2.08. The van der Waals surface area contributed by atoms with E-state index in [0.29, 0.717) is 15.7 Å². The lowest BCUT2D eigenvalue weighted by molar-refractivity contribution is 0.831. The Morgan fingerprint density at radius 1 is 1.04 bits per heavy atom. The van der Waals surface area contributed by atoms with Gasteiger partial charge in [0, 0.05) is 6.20 Å². The van der Waals surface area contributed by atoms with Crippen LogP contribution in [0.5, 0.6) is 0 Å². The van der Waals surface area contributed by atoms with Crippen molar-refractivity contribution in [1.29, 1.82) is 0 Å². The Morgan fingerprint density at radius 2 is 1.83 bits per heavy atom. The molecule has 0 saturated heterocycles. The average molecular weight is 347 g/mol. The van der Waals surface area contributed by atoms with Gasteiger partial charge in [0.15, 0.2) is 5.82 Å². The van der Waals surface area contributed by atoms with Crippen molar-refractivity contribution in [2.24, 2.45) is 10.2 Å². The van der Waals surface area contributed by atoms with Crippen molar-refractivity contribution in [3.63, 3.8) is 0 Å². The highest BCUT2D eigenvalue weighted by atomic mass is 35.5. The maximum absolute atomic E-state index is 6.02. The van der Waals surface area contributed by atoms with Crippen LogP contribution >= 0.6 is 23.2 Å². The summed E-state index contributed by atoms with van der Waals surface area (Å²) in [6.45, 7) is 6.22. The van der Waals surface area contributed by atoms with Crippen LogP contribution in [0.1, 0.15) is 31.0 Å². The molecular weight excluding hydrogens is 331 g/mol. The Morgan fingerprint density at radius 3 is 2.52 bits per heavy atom. The molecule has 23 heavy (non-hydrogen) atoms. The van der Waals surface area contributed by atoms with Crippen LogP contribution in [0, 0.1) is 6.92 Å². The summed E-state index contributed by atoms with van der Waals surface area (Å²) >= 11 is 11.9. The van der Waals surface area contributed by atoms with Crippen LogP contribution in [0.3, 0.4) is 0 Å². The van der Waals surface area contributed by atoms with Crippen molar-refractivity contribution in [3.05, 3.63) is 57.8 Å². The SMILES string of the molecule is Cc1ccn2c(N=Nc3ccc(Cl)c(Cl)c3)c(C(C)C)nc2c1. The van der Waals surface area contributed by atoms with E-state index >= 15 is 0 Å². The molecule has 0 bridgehead atoms. The normalized spacial score (nSPS) is 11.9. The number of imidazole rings is 1. The van der Waals surface area contributed by atoms with Crippen LogP contribution in [0.15, 0.2) is 46.8 Å². The molecule has 4 nitrogen and oxygen atoms in total. The number of aryl methyl sites for hydroxylation is 1. The number of benzene rings is 1. The molecule has 2 heterocycles. The summed E-state index contributed by atoms with van der Waals surface area (Å²) in [6, 6.07) is 9.23. The largest absolute Gasteiger partial charge is 0.283 e. The summed E-state index contributed by atoms with van der Waals surface area (Å²) < 4.78 is 1.95. The topological polar surface area (TPSA) is 42.0 Å². The standard InChI is InChI=1S/C17H16Cl2N4/c1-10(2)16-17(23-7-6-11(3)8-15(23)20-16)22-21-12-4-5-13(18)14(19)9-12/h4-10H,1-3H3. The minimum Gasteiger partial charge on any atom is -0.283 e. The first-order chi connectivity index (χ1) is 11.0. The summed E-state index contributed by atoms with van der Waals surface area (Å²) in [5.41, 5.74) is 3.60. The molecule has 0 amide bonds. The molecule has 3 aromatic rings. The number of pyridine rings is 1. The maximum atomic E-state index is 6.02. The van der Waals surface area contributed by atoms with E-state index < -0.39 is 0 Å². The quantitative estimate of drug-likeness (QED) is 0.499. The number of fused-ring (bicyclic) bond motifs is 1. The van der Waals surface area contributed by atoms with Crippen molar-refractivity contribution < 1.29 is 0 Å². The van der Waals surface area contributed by atoms with Crippen LogP contribution in [0.2, 0.25) is 10.0 Å². The van der Waals surface area contributed by atoms with Crippen molar-refractivity contribution in [2.45, 2.75) is 26.7 Å². The van der Waals surface area contributed by atoms with Gasteiger partial charge in [0.25, 0.3) is 0 Å². The average Bonchev–Trinajstić information content (AvgIpc) is 2.86. The molecule has 1 aromatic carbocycles. The number of nitrogens with zero attached hydrogens (tertiary/aromatic N) is 4. The van der Waals surface area contributed by atoms with Crippen LogP contribution < -0.4 is 0 Å². The third kappa shape index (κ3) is 3.23. The molecule has 0 atom stereocenters. The van der Waals surface area contributed by atoms with E-state index in [-0.39, 0.29) is 5.92 Å². The zero-order valence-corrected chi connectivity index (χ0v) is 14.6. The monoisotopic (exact) mass is 346 g/mol. The Labute approximate surface area is 144 Å². The van der Waals surface area contributed by atoms with Crippen LogP contribution in [-0.4, -0.2) is 9.38 Å². The van der Waals surface area contributed by atoms with Gasteiger partial charge in [-0.25, -0.2) is 4.98 Å². The fourth-order valence-corrected chi connectivity index (χ4v) is 2.58. The number of hydrogen-bond acceptors (Lipinski definition) is 3. The summed E-state index contributed by atoms with van der Waals surface area (Å²) in [6.07, 6.45) is 1.97. The molecule has 0 radical (unpaired) electrons. The molecule has 0 N–H and O–H groups in total. The van der Waals surface area contributed by atoms with Gasteiger partial charge in [0.05, 0.1) is 21.4 Å². The number of aromatic nitrogens is 2. The minimum absolute atomic E-state index is 0.248. The van der Waals surface area contributed by atoms with Gasteiger partial charge < -0.3 is 0 Å². The Bertz CT molecular complexity index is 897. The van der Waals surface area contributed by atoms with Gasteiger partial charge in [-0.1, -0.05) is 37.0 Å². The lowest BCUT2D eigenvalue weighted by Gasteiger charge is -2.02. The lowest BCUT2D eigenvalue weighted by Crippen LogP contribution is -1.87. The predicted octanol–water partition coefficient (Wildman–Crippen LogP) is 6.49. The van der Waals surface area contributed by atoms with E-state index in [1.807, 2.05) is 29.7 Å². The highest BCUT2D eigenvalue weighted by molar-refractivity contribution is 6.42. The molecule has 3 rings (SSSR count). The van der Waals surface area contributed by atoms with Gasteiger partial charge >= 0.3 is 0 Å². The smallest absolute Gasteiger partial charge is 0.183 e. The number of halogens is 2. The third-order valence-electron chi connectivity index (χ3n) is 3.49. The fraction of sp³-hybridized carbons (Fsp3) is 0.235. The summed E-state index contributed by atoms with van der Waals surface area (Å²) in [4.78, 5) is 4.68. The van der Waals surface area contributed by atoms with Gasteiger partial charge in [-0.3, -0.25) is 4.40 Å². The number of azo groups is 1. The molecule has 0 saturated carbocycles. The second-order valence-electron chi connectivity index (χ2n) is 5.71. The molecule has 0 aliphatic heterocycles. The Kier molecular flexibility index (Phi) is 4.37. The first-order valence-electron chi connectivity index (χ1n) is 7.31. The highest BCUT2D eigenvalue weighted by Crippen LogP contribution is 2.31. The molecule has 0 fully saturated rings. The van der Waals surface area contributed by atoms with Crippen LogP contribution in [0.4, 0.5) is 11.5 Å². The molecule has 0 unspecified atom stereocenters. The highest BCUT2D eigenvalue weighted by Gasteiger charge is 2.15. The van der Waals surface area contributed by atoms with Crippen LogP contribution in [-0.2, 0) is 0 Å². The molecule has 0 aliphatic carbocycles. The lowest BCUT2D eigenvalue weighted by atomic mass is 10.1. The molecule has 118 valence electrons. The third-order valence-corrected chi connectivity index (χ3v) is 4.23. The van der Waals surface area contributed by atoms with Crippen molar-refractivity contribution in [3.8, 4) is 0 Å². The number of rotatable bonds is 3. The van der Waals surface area contributed by atoms with E-state index in [9.17, 15) is 0 Å². The van der Waals surface area contributed by atoms with E-state index in [1.165, 1.54) is 0 Å². The number of hydrogen-bond donors (Lipinski definition) is 0. The van der Waals surface area contributed by atoms with Gasteiger partial charge in [-0.15, -0.1) is 10.2 Å². The maximum Gasteiger partial charge on any atom is 0.183 e. The predicted molar refractivity (Wildman–Crippen MR) is 94.7 cm³/mol. The van der Waals surface area contributed by atoms with Crippen molar-refractivity contribution in [2.75, 3.05) is 0 Å². The zero-order chi connectivity index (χ0) is 16.6. The summed E-state index contributed by atoms with van der Waals surface area (Å²) in [7, 11) is 0. The Hall–Kier alpha value is -1.91.